The Morgan fingerprint density at radius 1 is 1.38 bits per heavy atom. The summed E-state index contributed by atoms with van der Waals surface area (Å²) >= 11 is 1.28. The molecule has 0 bridgehead atoms. The van der Waals surface area contributed by atoms with E-state index in [1.54, 1.807) is 11.4 Å². The SMILES string of the molecule is CC(C)CC1(CNS(=O)(=O)c2csc(CO)c2)CCCC1. The molecule has 0 atom stereocenters. The molecule has 4 nitrogen and oxygen atoms in total. The van der Waals surface area contributed by atoms with Crippen molar-refractivity contribution in [3.63, 3.8) is 0 Å². The fraction of sp³-hybridized carbons (Fsp3) is 0.733. The van der Waals surface area contributed by atoms with Crippen LogP contribution in [0.4, 0.5) is 0 Å². The maximum absolute atomic E-state index is 12.4. The summed E-state index contributed by atoms with van der Waals surface area (Å²) < 4.78 is 27.5. The monoisotopic (exact) mass is 331 g/mol. The third-order valence-electron chi connectivity index (χ3n) is 4.24. The number of nitrogens with one attached hydrogen (secondary N) is 1. The molecule has 0 unspecified atom stereocenters. The Labute approximate surface area is 131 Å². The highest BCUT2D eigenvalue weighted by molar-refractivity contribution is 7.89. The molecule has 1 heterocycles. The summed E-state index contributed by atoms with van der Waals surface area (Å²) in [6, 6.07) is 1.55. The van der Waals surface area contributed by atoms with Crippen LogP contribution in [-0.2, 0) is 16.6 Å². The van der Waals surface area contributed by atoms with Crippen LogP contribution in [0.5, 0.6) is 0 Å². The molecule has 120 valence electrons. The lowest BCUT2D eigenvalue weighted by Gasteiger charge is -2.31. The number of hydrogen-bond donors (Lipinski definition) is 2. The van der Waals surface area contributed by atoms with Gasteiger partial charge in [-0.15, -0.1) is 11.3 Å². The van der Waals surface area contributed by atoms with Gasteiger partial charge in [-0.3, -0.25) is 0 Å². The summed E-state index contributed by atoms with van der Waals surface area (Å²) in [7, 11) is -3.46. The molecule has 0 saturated heterocycles. The topological polar surface area (TPSA) is 66.4 Å². The van der Waals surface area contributed by atoms with Crippen molar-refractivity contribution in [1.29, 1.82) is 0 Å². The summed E-state index contributed by atoms with van der Waals surface area (Å²) in [5.41, 5.74) is 0.122. The Bertz CT molecular complexity index is 557. The summed E-state index contributed by atoms with van der Waals surface area (Å²) in [6.45, 7) is 4.80. The van der Waals surface area contributed by atoms with E-state index in [0.717, 1.165) is 19.3 Å². The number of aliphatic hydroxyl groups excluding tert-OH is 1. The van der Waals surface area contributed by atoms with E-state index in [0.29, 0.717) is 17.3 Å². The van der Waals surface area contributed by atoms with Crippen LogP contribution in [0.3, 0.4) is 0 Å². The van der Waals surface area contributed by atoms with E-state index >= 15 is 0 Å². The van der Waals surface area contributed by atoms with E-state index in [4.69, 9.17) is 5.11 Å². The van der Waals surface area contributed by atoms with Crippen molar-refractivity contribution < 1.29 is 13.5 Å². The highest BCUT2D eigenvalue weighted by Crippen LogP contribution is 2.42. The minimum Gasteiger partial charge on any atom is -0.391 e. The molecule has 0 radical (unpaired) electrons. The predicted molar refractivity (Wildman–Crippen MR) is 85.8 cm³/mol. The van der Waals surface area contributed by atoms with Crippen molar-refractivity contribution in [2.45, 2.75) is 57.5 Å². The molecular formula is C15H25NO3S2. The first-order valence-corrected chi connectivity index (χ1v) is 9.91. The zero-order valence-electron chi connectivity index (χ0n) is 12.8. The molecule has 1 aliphatic carbocycles. The molecule has 1 fully saturated rings. The van der Waals surface area contributed by atoms with Crippen LogP contribution in [0, 0.1) is 11.3 Å². The third kappa shape index (κ3) is 4.28. The van der Waals surface area contributed by atoms with Gasteiger partial charge in [0.15, 0.2) is 0 Å². The van der Waals surface area contributed by atoms with E-state index in [1.165, 1.54) is 24.2 Å². The summed E-state index contributed by atoms with van der Waals surface area (Å²) in [6.07, 6.45) is 5.68. The minimum atomic E-state index is -3.46. The van der Waals surface area contributed by atoms with Gasteiger partial charge in [0, 0.05) is 16.8 Å². The van der Waals surface area contributed by atoms with Crippen molar-refractivity contribution in [3.8, 4) is 0 Å². The van der Waals surface area contributed by atoms with E-state index in [1.807, 2.05) is 0 Å². The molecule has 0 aliphatic heterocycles. The molecule has 0 amide bonds. The van der Waals surface area contributed by atoms with E-state index in [-0.39, 0.29) is 16.9 Å². The highest BCUT2D eigenvalue weighted by atomic mass is 32.2. The molecule has 6 heteroatoms. The Kier molecular flexibility index (Phi) is 5.46. The largest absolute Gasteiger partial charge is 0.391 e. The summed E-state index contributed by atoms with van der Waals surface area (Å²) in [5, 5.41) is 10.6. The van der Waals surface area contributed by atoms with Gasteiger partial charge < -0.3 is 5.11 Å². The smallest absolute Gasteiger partial charge is 0.241 e. The Hall–Kier alpha value is -0.430. The molecule has 2 rings (SSSR count). The number of sulfonamides is 1. The van der Waals surface area contributed by atoms with Gasteiger partial charge in [-0.25, -0.2) is 13.1 Å². The van der Waals surface area contributed by atoms with Crippen molar-refractivity contribution >= 4 is 21.4 Å². The van der Waals surface area contributed by atoms with Crippen LogP contribution in [0.25, 0.3) is 0 Å². The first-order valence-electron chi connectivity index (χ1n) is 7.55. The Morgan fingerprint density at radius 2 is 2.05 bits per heavy atom. The van der Waals surface area contributed by atoms with Crippen LogP contribution >= 0.6 is 11.3 Å². The summed E-state index contributed by atoms with van der Waals surface area (Å²) in [5.74, 6) is 0.578. The van der Waals surface area contributed by atoms with Crippen molar-refractivity contribution in [1.82, 2.24) is 4.72 Å². The Balaban J connectivity index is 2.05. The van der Waals surface area contributed by atoms with Crippen LogP contribution in [0.2, 0.25) is 0 Å². The lowest BCUT2D eigenvalue weighted by Crippen LogP contribution is -2.36. The zero-order chi connectivity index (χ0) is 15.5. The van der Waals surface area contributed by atoms with Crippen LogP contribution < -0.4 is 4.72 Å². The van der Waals surface area contributed by atoms with Gasteiger partial charge >= 0.3 is 0 Å². The molecule has 1 saturated carbocycles. The van der Waals surface area contributed by atoms with Crippen LogP contribution in [0.15, 0.2) is 16.3 Å². The van der Waals surface area contributed by atoms with Gasteiger partial charge in [0.1, 0.15) is 0 Å². The standard InChI is InChI=1S/C15H25NO3S2/c1-12(2)8-15(5-3-4-6-15)11-16-21(18,19)14-7-13(9-17)20-10-14/h7,10,12,16-17H,3-6,8-9,11H2,1-2H3. The number of thiophene rings is 1. The van der Waals surface area contributed by atoms with Crippen molar-refractivity contribution in [2.24, 2.45) is 11.3 Å². The normalized spacial score (nSPS) is 18.5. The van der Waals surface area contributed by atoms with Crippen LogP contribution in [0.1, 0.15) is 50.8 Å². The molecule has 1 aromatic rings. The van der Waals surface area contributed by atoms with Gasteiger partial charge in [-0.1, -0.05) is 26.7 Å². The molecular weight excluding hydrogens is 306 g/mol. The van der Waals surface area contributed by atoms with E-state index < -0.39 is 10.0 Å². The van der Waals surface area contributed by atoms with Crippen LogP contribution in [-0.4, -0.2) is 20.1 Å². The second-order valence-corrected chi connectivity index (χ2v) is 9.30. The first kappa shape index (κ1) is 16.9. The molecule has 0 aromatic carbocycles. The second-order valence-electron chi connectivity index (χ2n) is 6.54. The van der Waals surface area contributed by atoms with Gasteiger partial charge in [0.25, 0.3) is 0 Å². The average Bonchev–Trinajstić information content (AvgIpc) is 3.05. The highest BCUT2D eigenvalue weighted by Gasteiger charge is 2.35. The second kappa shape index (κ2) is 6.77. The Morgan fingerprint density at radius 3 is 2.57 bits per heavy atom. The molecule has 21 heavy (non-hydrogen) atoms. The molecule has 1 aromatic heterocycles. The number of aliphatic hydroxyl groups is 1. The number of hydrogen-bond acceptors (Lipinski definition) is 4. The molecule has 0 spiro atoms. The maximum atomic E-state index is 12.4. The first-order chi connectivity index (χ1) is 9.87. The average molecular weight is 332 g/mol. The van der Waals surface area contributed by atoms with Gasteiger partial charge in [-0.2, -0.15) is 0 Å². The third-order valence-corrected chi connectivity index (χ3v) is 6.69. The van der Waals surface area contributed by atoms with Gasteiger partial charge in [-0.05, 0) is 36.7 Å². The van der Waals surface area contributed by atoms with Crippen molar-refractivity contribution in [2.75, 3.05) is 6.54 Å². The predicted octanol–water partition coefficient (Wildman–Crippen LogP) is 3.13. The van der Waals surface area contributed by atoms with Crippen molar-refractivity contribution in [3.05, 3.63) is 16.3 Å². The van der Waals surface area contributed by atoms with E-state index in [2.05, 4.69) is 18.6 Å². The minimum absolute atomic E-state index is 0.114. The fourth-order valence-corrected chi connectivity index (χ4v) is 5.65. The fourth-order valence-electron chi connectivity index (χ4n) is 3.36. The molecule has 2 N–H and O–H groups in total. The van der Waals surface area contributed by atoms with Gasteiger partial charge in [0.2, 0.25) is 10.0 Å². The zero-order valence-corrected chi connectivity index (χ0v) is 14.4. The lowest BCUT2D eigenvalue weighted by molar-refractivity contribution is 0.236. The number of rotatable bonds is 7. The van der Waals surface area contributed by atoms with Gasteiger partial charge in [0.05, 0.1) is 11.5 Å². The lowest BCUT2D eigenvalue weighted by atomic mass is 9.79. The summed E-state index contributed by atoms with van der Waals surface area (Å²) in [4.78, 5) is 0.947. The van der Waals surface area contributed by atoms with E-state index in [9.17, 15) is 8.42 Å². The quantitative estimate of drug-likeness (QED) is 0.807. The molecule has 1 aliphatic rings. The maximum Gasteiger partial charge on any atom is 0.241 e.